The maximum absolute atomic E-state index is 12.8. The predicted molar refractivity (Wildman–Crippen MR) is 92.1 cm³/mol. The molecule has 1 amide bonds. The van der Waals surface area contributed by atoms with E-state index in [1.165, 1.54) is 0 Å². The smallest absolute Gasteiger partial charge is 0.309 e. The molecule has 0 atom stereocenters. The molecule has 2 aliphatic rings. The van der Waals surface area contributed by atoms with Crippen LogP contribution in [0.3, 0.4) is 0 Å². The predicted octanol–water partition coefficient (Wildman–Crippen LogP) is 2.35. The van der Waals surface area contributed by atoms with Gasteiger partial charge in [-0.2, -0.15) is 0 Å². The monoisotopic (exact) mass is 349 g/mol. The van der Waals surface area contributed by atoms with E-state index >= 15 is 0 Å². The van der Waals surface area contributed by atoms with Gasteiger partial charge in [0, 0.05) is 16.7 Å². The molecule has 0 spiro atoms. The second kappa shape index (κ2) is 6.22. The standard InChI is InChI=1S/C20H15NO5/c22-16(10-26-20(25)11-8-9-11)21-15-7-3-6-14-17(15)19(24)13-5-2-1-4-12(13)18(14)23/h1-7,11H,8-10H2,(H,21,22). The van der Waals surface area contributed by atoms with E-state index in [1.807, 2.05) is 0 Å². The fraction of sp³-hybridized carbons (Fsp3) is 0.200. The Morgan fingerprint density at radius 1 is 0.923 bits per heavy atom. The number of fused-ring (bicyclic) bond motifs is 2. The Hall–Kier alpha value is -3.28. The number of anilines is 1. The number of rotatable bonds is 4. The van der Waals surface area contributed by atoms with Crippen molar-refractivity contribution in [1.29, 1.82) is 0 Å². The van der Waals surface area contributed by atoms with Crippen molar-refractivity contribution >= 4 is 29.1 Å². The molecule has 0 saturated heterocycles. The highest BCUT2D eigenvalue weighted by Gasteiger charge is 2.33. The van der Waals surface area contributed by atoms with Crippen LogP contribution in [0.1, 0.15) is 44.7 Å². The van der Waals surface area contributed by atoms with Crippen molar-refractivity contribution in [3.05, 3.63) is 64.7 Å². The maximum Gasteiger partial charge on any atom is 0.309 e. The molecule has 0 aromatic heterocycles. The number of hydrogen-bond donors (Lipinski definition) is 1. The molecule has 2 aliphatic carbocycles. The highest BCUT2D eigenvalue weighted by atomic mass is 16.5. The number of nitrogens with one attached hydrogen (secondary N) is 1. The van der Waals surface area contributed by atoms with Gasteiger partial charge in [-0.05, 0) is 18.9 Å². The number of esters is 1. The SMILES string of the molecule is O=C(COC(=O)C1CC1)Nc1cccc2c1C(=O)c1ccccc1C2=O. The van der Waals surface area contributed by atoms with Crippen LogP contribution in [0.2, 0.25) is 0 Å². The molecule has 130 valence electrons. The number of carbonyl (C=O) groups is 4. The lowest BCUT2D eigenvalue weighted by Gasteiger charge is -2.20. The quantitative estimate of drug-likeness (QED) is 0.730. The number of amides is 1. The topological polar surface area (TPSA) is 89.5 Å². The molecule has 1 N–H and O–H groups in total. The average molecular weight is 349 g/mol. The fourth-order valence-electron chi connectivity index (χ4n) is 3.01. The fourth-order valence-corrected chi connectivity index (χ4v) is 3.01. The molecule has 1 fully saturated rings. The molecule has 1 saturated carbocycles. The Morgan fingerprint density at radius 2 is 1.58 bits per heavy atom. The minimum Gasteiger partial charge on any atom is -0.455 e. The molecule has 2 aromatic carbocycles. The molecule has 6 heteroatoms. The van der Waals surface area contributed by atoms with Gasteiger partial charge in [-0.1, -0.05) is 36.4 Å². The lowest BCUT2D eigenvalue weighted by Crippen LogP contribution is -2.26. The molecule has 0 bridgehead atoms. The average Bonchev–Trinajstić information content (AvgIpc) is 3.49. The highest BCUT2D eigenvalue weighted by molar-refractivity contribution is 6.30. The summed E-state index contributed by atoms with van der Waals surface area (Å²) in [5.74, 6) is -1.60. The van der Waals surface area contributed by atoms with E-state index in [0.717, 1.165) is 12.8 Å². The van der Waals surface area contributed by atoms with Gasteiger partial charge >= 0.3 is 5.97 Å². The van der Waals surface area contributed by atoms with Gasteiger partial charge < -0.3 is 10.1 Å². The molecule has 0 unspecified atom stereocenters. The zero-order valence-corrected chi connectivity index (χ0v) is 13.8. The van der Waals surface area contributed by atoms with Gasteiger partial charge in [0.25, 0.3) is 5.91 Å². The van der Waals surface area contributed by atoms with Crippen LogP contribution >= 0.6 is 0 Å². The van der Waals surface area contributed by atoms with E-state index in [-0.39, 0.29) is 40.3 Å². The van der Waals surface area contributed by atoms with Gasteiger partial charge in [-0.15, -0.1) is 0 Å². The van der Waals surface area contributed by atoms with Crippen LogP contribution in [0.4, 0.5) is 5.69 Å². The summed E-state index contributed by atoms with van der Waals surface area (Å²) in [5.41, 5.74) is 1.32. The third kappa shape index (κ3) is 2.79. The number of ether oxygens (including phenoxy) is 1. The van der Waals surface area contributed by atoms with Gasteiger partial charge in [0.15, 0.2) is 18.2 Å². The van der Waals surface area contributed by atoms with E-state index in [0.29, 0.717) is 11.1 Å². The van der Waals surface area contributed by atoms with Crippen LogP contribution in [0.15, 0.2) is 42.5 Å². The van der Waals surface area contributed by atoms with Gasteiger partial charge in [0.2, 0.25) is 0 Å². The highest BCUT2D eigenvalue weighted by Crippen LogP contribution is 2.32. The zero-order chi connectivity index (χ0) is 18.3. The second-order valence-electron chi connectivity index (χ2n) is 6.36. The number of hydrogen-bond acceptors (Lipinski definition) is 5. The van der Waals surface area contributed by atoms with E-state index in [2.05, 4.69) is 5.32 Å². The zero-order valence-electron chi connectivity index (χ0n) is 13.8. The molecule has 26 heavy (non-hydrogen) atoms. The summed E-state index contributed by atoms with van der Waals surface area (Å²) >= 11 is 0. The summed E-state index contributed by atoms with van der Waals surface area (Å²) in [7, 11) is 0. The van der Waals surface area contributed by atoms with Gasteiger partial charge in [0.1, 0.15) is 0 Å². The summed E-state index contributed by atoms with van der Waals surface area (Å²) in [5, 5.41) is 2.58. The first-order chi connectivity index (χ1) is 12.6. The van der Waals surface area contributed by atoms with E-state index in [9.17, 15) is 19.2 Å². The molecule has 0 heterocycles. The Balaban J connectivity index is 1.59. The van der Waals surface area contributed by atoms with Crippen LogP contribution in [0, 0.1) is 5.92 Å². The first kappa shape index (κ1) is 16.2. The van der Waals surface area contributed by atoms with Crippen LogP contribution in [0.25, 0.3) is 0 Å². The summed E-state index contributed by atoms with van der Waals surface area (Å²) in [6.07, 6.45) is 1.59. The number of benzene rings is 2. The van der Waals surface area contributed by atoms with Crippen LogP contribution in [-0.4, -0.2) is 30.0 Å². The van der Waals surface area contributed by atoms with Crippen molar-refractivity contribution in [1.82, 2.24) is 0 Å². The van der Waals surface area contributed by atoms with Gasteiger partial charge in [0.05, 0.1) is 17.2 Å². The van der Waals surface area contributed by atoms with Crippen molar-refractivity contribution in [2.75, 3.05) is 11.9 Å². The van der Waals surface area contributed by atoms with Crippen molar-refractivity contribution in [3.63, 3.8) is 0 Å². The summed E-state index contributed by atoms with van der Waals surface area (Å²) in [6.45, 7) is -0.419. The van der Waals surface area contributed by atoms with Crippen molar-refractivity contribution < 1.29 is 23.9 Å². The molecule has 0 aliphatic heterocycles. The second-order valence-corrected chi connectivity index (χ2v) is 6.36. The third-order valence-electron chi connectivity index (χ3n) is 4.48. The van der Waals surface area contributed by atoms with Crippen LogP contribution in [-0.2, 0) is 14.3 Å². The van der Waals surface area contributed by atoms with E-state index in [4.69, 9.17) is 4.74 Å². The first-order valence-electron chi connectivity index (χ1n) is 8.34. The minimum atomic E-state index is -0.550. The van der Waals surface area contributed by atoms with Gasteiger partial charge in [-0.3, -0.25) is 19.2 Å². The molecule has 0 radical (unpaired) electrons. The lowest BCUT2D eigenvalue weighted by atomic mass is 9.83. The molecular weight excluding hydrogens is 334 g/mol. The molecule has 6 nitrogen and oxygen atoms in total. The number of ketones is 2. The van der Waals surface area contributed by atoms with Crippen molar-refractivity contribution in [3.8, 4) is 0 Å². The largest absolute Gasteiger partial charge is 0.455 e. The van der Waals surface area contributed by atoms with E-state index in [1.54, 1.807) is 42.5 Å². The Labute approximate surface area is 149 Å². The lowest BCUT2D eigenvalue weighted by molar-refractivity contribution is -0.148. The van der Waals surface area contributed by atoms with E-state index < -0.39 is 12.5 Å². The maximum atomic E-state index is 12.8. The molecule has 2 aromatic rings. The Kier molecular flexibility index (Phi) is 3.88. The van der Waals surface area contributed by atoms with Crippen molar-refractivity contribution in [2.45, 2.75) is 12.8 Å². The van der Waals surface area contributed by atoms with Crippen LogP contribution < -0.4 is 5.32 Å². The Morgan fingerprint density at radius 3 is 2.27 bits per heavy atom. The van der Waals surface area contributed by atoms with Crippen LogP contribution in [0.5, 0.6) is 0 Å². The summed E-state index contributed by atoms with van der Waals surface area (Å²) in [4.78, 5) is 49.1. The van der Waals surface area contributed by atoms with Crippen molar-refractivity contribution in [2.24, 2.45) is 5.92 Å². The summed E-state index contributed by atoms with van der Waals surface area (Å²) in [6, 6.07) is 11.3. The normalized spacial score (nSPS) is 15.1. The molecule has 4 rings (SSSR count). The third-order valence-corrected chi connectivity index (χ3v) is 4.48. The van der Waals surface area contributed by atoms with Gasteiger partial charge in [-0.25, -0.2) is 0 Å². The summed E-state index contributed by atoms with van der Waals surface area (Å²) < 4.78 is 4.95. The molecular formula is C20H15NO5. The first-order valence-corrected chi connectivity index (χ1v) is 8.34. The number of carbonyl (C=O) groups excluding carboxylic acids is 4. The Bertz CT molecular complexity index is 958. The minimum absolute atomic E-state index is 0.0945.